The molecule has 9 heteroatoms. The van der Waals surface area contributed by atoms with E-state index >= 15 is 0 Å². The summed E-state index contributed by atoms with van der Waals surface area (Å²) in [4.78, 5) is 22.7. The third-order valence-corrected chi connectivity index (χ3v) is 4.32. The van der Waals surface area contributed by atoms with Crippen LogP contribution in [-0.2, 0) is 20.8 Å². The number of carbonyl (C=O) groups is 2. The number of aliphatic carboxylic acids is 2. The van der Waals surface area contributed by atoms with E-state index in [4.69, 9.17) is 5.11 Å². The van der Waals surface area contributed by atoms with Crippen molar-refractivity contribution in [2.24, 2.45) is 0 Å². The number of rotatable bonds is 5. The standard InChI is InChI=1S/C14H13NO5S.2ClH/c16-13(17)9-6-11(14(18)19)12(15-7-9)8-21(20)10-4-2-1-3-5-10;;/h1-5,7,15H,6,8H2,(H,16,17)(H,18,19);2*1H/t21-;;/m0../s1. The molecule has 3 N–H and O–H groups in total. The third kappa shape index (κ3) is 5.47. The second-order valence-corrected chi connectivity index (χ2v) is 5.81. The molecule has 0 bridgehead atoms. The molecule has 23 heavy (non-hydrogen) atoms. The molecule has 0 aliphatic carbocycles. The lowest BCUT2D eigenvalue weighted by Gasteiger charge is -2.19. The molecule has 0 amide bonds. The lowest BCUT2D eigenvalue weighted by atomic mass is 10.0. The van der Waals surface area contributed by atoms with Crippen LogP contribution in [-0.4, -0.2) is 32.5 Å². The Morgan fingerprint density at radius 2 is 1.74 bits per heavy atom. The highest BCUT2D eigenvalue weighted by atomic mass is 35.5. The van der Waals surface area contributed by atoms with Crippen molar-refractivity contribution in [2.75, 3.05) is 5.75 Å². The molecular formula is C14H15Cl2NO5S. The molecule has 6 nitrogen and oxygen atoms in total. The van der Waals surface area contributed by atoms with Gasteiger partial charge in [0.15, 0.2) is 10.6 Å². The summed E-state index contributed by atoms with van der Waals surface area (Å²) in [5.41, 5.74) is 0.163. The summed E-state index contributed by atoms with van der Waals surface area (Å²) in [6, 6.07) is 8.67. The van der Waals surface area contributed by atoms with E-state index in [9.17, 15) is 19.2 Å². The zero-order valence-electron chi connectivity index (χ0n) is 11.7. The van der Waals surface area contributed by atoms with E-state index in [-0.39, 0.29) is 53.8 Å². The van der Waals surface area contributed by atoms with Crippen LogP contribution in [0.15, 0.2) is 58.3 Å². The molecule has 1 atom stereocenters. The zero-order chi connectivity index (χ0) is 15.4. The minimum atomic E-state index is -1.40. The van der Waals surface area contributed by atoms with E-state index in [1.807, 2.05) is 0 Å². The highest BCUT2D eigenvalue weighted by Gasteiger charge is 2.26. The average molecular weight is 380 g/mol. The summed E-state index contributed by atoms with van der Waals surface area (Å²) in [5, 5.41) is 20.7. The summed E-state index contributed by atoms with van der Waals surface area (Å²) in [5.74, 6) is -2.39. The van der Waals surface area contributed by atoms with Crippen LogP contribution in [0.25, 0.3) is 0 Å². The van der Waals surface area contributed by atoms with Gasteiger partial charge < -0.3 is 20.1 Å². The van der Waals surface area contributed by atoms with Crippen molar-refractivity contribution in [1.29, 1.82) is 0 Å². The zero-order valence-corrected chi connectivity index (χ0v) is 14.2. The minimum absolute atomic E-state index is 0. The van der Waals surface area contributed by atoms with Gasteiger partial charge in [-0.2, -0.15) is 0 Å². The fourth-order valence-corrected chi connectivity index (χ4v) is 3.01. The molecule has 2 rings (SSSR count). The van der Waals surface area contributed by atoms with Gasteiger partial charge in [-0.3, -0.25) is 0 Å². The lowest BCUT2D eigenvalue weighted by molar-refractivity contribution is -0.133. The van der Waals surface area contributed by atoms with Gasteiger partial charge in [0.1, 0.15) is 0 Å². The first-order valence-electron chi connectivity index (χ1n) is 6.06. The maximum atomic E-state index is 12.2. The van der Waals surface area contributed by atoms with Gasteiger partial charge in [0, 0.05) is 12.6 Å². The number of nitrogens with one attached hydrogen (secondary N) is 1. The van der Waals surface area contributed by atoms with E-state index in [0.717, 1.165) is 0 Å². The number of hydrogen-bond acceptors (Lipinski definition) is 4. The SMILES string of the molecule is Cl.Cl.O=C(O)C1=CNC(C[S@+]([O-])c2ccccc2)=C(C(=O)O)C1. The van der Waals surface area contributed by atoms with Crippen molar-refractivity contribution >= 4 is 47.9 Å². The molecule has 1 heterocycles. The second kappa shape index (κ2) is 9.46. The van der Waals surface area contributed by atoms with Gasteiger partial charge in [0.25, 0.3) is 0 Å². The van der Waals surface area contributed by atoms with Crippen LogP contribution < -0.4 is 5.32 Å². The van der Waals surface area contributed by atoms with Crippen molar-refractivity contribution in [3.63, 3.8) is 0 Å². The molecule has 0 aromatic heterocycles. The van der Waals surface area contributed by atoms with Gasteiger partial charge in [-0.25, -0.2) is 9.59 Å². The second-order valence-electron chi connectivity index (χ2n) is 4.36. The van der Waals surface area contributed by atoms with Gasteiger partial charge in [-0.15, -0.1) is 24.8 Å². The van der Waals surface area contributed by atoms with Crippen molar-refractivity contribution in [3.8, 4) is 0 Å². The maximum absolute atomic E-state index is 12.2. The van der Waals surface area contributed by atoms with Gasteiger partial charge in [-0.1, -0.05) is 18.2 Å². The first-order valence-corrected chi connectivity index (χ1v) is 7.38. The van der Waals surface area contributed by atoms with Crippen molar-refractivity contribution in [3.05, 3.63) is 53.4 Å². The summed E-state index contributed by atoms with van der Waals surface area (Å²) < 4.78 is 12.2. The molecule has 126 valence electrons. The summed E-state index contributed by atoms with van der Waals surface area (Å²) in [6.07, 6.45) is 1.05. The van der Waals surface area contributed by atoms with E-state index in [1.54, 1.807) is 30.3 Å². The Bertz CT molecular complexity index is 633. The fraction of sp³-hybridized carbons (Fsp3) is 0.143. The first kappa shape index (κ1) is 21.3. The van der Waals surface area contributed by atoms with Gasteiger partial charge in [-0.05, 0) is 23.3 Å². The molecule has 0 unspecified atom stereocenters. The van der Waals surface area contributed by atoms with Crippen LogP contribution in [0.1, 0.15) is 6.42 Å². The highest BCUT2D eigenvalue weighted by molar-refractivity contribution is 7.91. The molecular weight excluding hydrogens is 365 g/mol. The van der Waals surface area contributed by atoms with Crippen LogP contribution in [0.3, 0.4) is 0 Å². The Balaban J connectivity index is 0.00000242. The van der Waals surface area contributed by atoms with Crippen LogP contribution >= 0.6 is 24.8 Å². The predicted molar refractivity (Wildman–Crippen MR) is 90.3 cm³/mol. The van der Waals surface area contributed by atoms with E-state index in [1.165, 1.54) is 6.20 Å². The van der Waals surface area contributed by atoms with Gasteiger partial charge >= 0.3 is 11.9 Å². The summed E-state index contributed by atoms with van der Waals surface area (Å²) >= 11 is -1.40. The molecule has 0 saturated heterocycles. The monoisotopic (exact) mass is 379 g/mol. The Kier molecular flexibility index (Phi) is 8.78. The van der Waals surface area contributed by atoms with Gasteiger partial charge in [0.2, 0.25) is 0 Å². The minimum Gasteiger partial charge on any atom is -0.611 e. The maximum Gasteiger partial charge on any atom is 0.333 e. The number of carboxylic acid groups (broad SMARTS) is 2. The summed E-state index contributed by atoms with van der Waals surface area (Å²) in [7, 11) is 0. The molecule has 1 aromatic rings. The summed E-state index contributed by atoms with van der Waals surface area (Å²) in [6.45, 7) is 0. The third-order valence-electron chi connectivity index (χ3n) is 2.97. The van der Waals surface area contributed by atoms with Crippen LogP contribution in [0.2, 0.25) is 0 Å². The Morgan fingerprint density at radius 1 is 1.13 bits per heavy atom. The number of halogens is 2. The average Bonchev–Trinajstić information content (AvgIpc) is 2.48. The smallest absolute Gasteiger partial charge is 0.333 e. The highest BCUT2D eigenvalue weighted by Crippen LogP contribution is 2.22. The van der Waals surface area contributed by atoms with E-state index < -0.39 is 23.1 Å². The number of dihydropyridines is 1. The first-order chi connectivity index (χ1) is 9.99. The van der Waals surface area contributed by atoms with Gasteiger partial charge in [0.05, 0.1) is 16.8 Å². The van der Waals surface area contributed by atoms with Crippen molar-refractivity contribution in [2.45, 2.75) is 11.3 Å². The molecule has 1 aromatic carbocycles. The predicted octanol–water partition coefficient (Wildman–Crippen LogP) is 1.94. The van der Waals surface area contributed by atoms with E-state index in [0.29, 0.717) is 4.90 Å². The van der Waals surface area contributed by atoms with Crippen LogP contribution in [0.5, 0.6) is 0 Å². The molecule has 1 aliphatic heterocycles. The molecule has 0 saturated carbocycles. The topological polar surface area (TPSA) is 110 Å². The number of carboxylic acids is 2. The Morgan fingerprint density at radius 3 is 2.26 bits per heavy atom. The largest absolute Gasteiger partial charge is 0.611 e. The van der Waals surface area contributed by atoms with E-state index in [2.05, 4.69) is 5.32 Å². The number of benzene rings is 1. The van der Waals surface area contributed by atoms with Crippen LogP contribution in [0.4, 0.5) is 0 Å². The molecule has 1 aliphatic rings. The fourth-order valence-electron chi connectivity index (χ4n) is 1.87. The quantitative estimate of drug-likeness (QED) is 0.674. The molecule has 0 spiro atoms. The molecule has 0 radical (unpaired) electrons. The van der Waals surface area contributed by atoms with Crippen molar-refractivity contribution in [1.82, 2.24) is 5.32 Å². The normalized spacial score (nSPS) is 14.6. The Hall–Kier alpha value is -1.67. The molecule has 0 fully saturated rings. The Labute approximate surface area is 148 Å². The lowest BCUT2D eigenvalue weighted by Crippen LogP contribution is -2.27. The van der Waals surface area contributed by atoms with Crippen LogP contribution in [0, 0.1) is 0 Å². The van der Waals surface area contributed by atoms with Crippen molar-refractivity contribution < 1.29 is 24.4 Å². The number of hydrogen-bond donors (Lipinski definition) is 3.